The number of rotatable bonds is 8. The number of hydrogen-bond donors (Lipinski definition) is 2. The number of methoxy groups -OCH3 is 1. The summed E-state index contributed by atoms with van der Waals surface area (Å²) >= 11 is 0. The molecule has 1 aromatic carbocycles. The van der Waals surface area contributed by atoms with Crippen LogP contribution in [0.4, 0.5) is 0 Å². The summed E-state index contributed by atoms with van der Waals surface area (Å²) in [5, 5.41) is 20.6. The van der Waals surface area contributed by atoms with Crippen molar-refractivity contribution in [3.05, 3.63) is 46.5 Å². The first kappa shape index (κ1) is 27.2. The highest BCUT2D eigenvalue weighted by atomic mass is 16.5. The van der Waals surface area contributed by atoms with E-state index in [2.05, 4.69) is 13.0 Å². The summed E-state index contributed by atoms with van der Waals surface area (Å²) in [5.74, 6) is -0.838. The molecular weight excluding hydrogens is 481 g/mol. The summed E-state index contributed by atoms with van der Waals surface area (Å²) in [6.45, 7) is 2.51. The summed E-state index contributed by atoms with van der Waals surface area (Å²) < 4.78 is 11.7. The van der Waals surface area contributed by atoms with Crippen molar-refractivity contribution in [2.45, 2.75) is 83.2 Å². The normalized spacial score (nSPS) is 28.7. The summed E-state index contributed by atoms with van der Waals surface area (Å²) in [7, 11) is 0.689. The van der Waals surface area contributed by atoms with Crippen molar-refractivity contribution in [1.82, 2.24) is 4.90 Å². The topological polar surface area (TPSA) is 96.3 Å². The minimum Gasteiger partial charge on any atom is -0.508 e. The molecule has 2 saturated heterocycles. The standard InChI is InChI=1S/C30H40BNO6/c1-3-19(14-20-8-7-11-23(33)15-20)12-13-26-27-21(18-37-2)16-24-28(25(27)17-31(36)38-26)30(35)32(29(24)34)22-9-5-4-6-10-22/h7-8,11,14-15,22,24-26,28,33,36H,3-6,9-10,12-13,16-18H2,1-2H3/b19-14+/t24-,25+,26-,28-/m1/s1. The molecule has 4 atom stereocenters. The molecule has 5 rings (SSSR count). The van der Waals surface area contributed by atoms with Gasteiger partial charge in [0.1, 0.15) is 5.75 Å². The van der Waals surface area contributed by atoms with Crippen molar-refractivity contribution in [2.75, 3.05) is 13.7 Å². The molecule has 7 nitrogen and oxygen atoms in total. The first-order valence-corrected chi connectivity index (χ1v) is 14.3. The fraction of sp³-hybridized carbons (Fsp3) is 0.600. The van der Waals surface area contributed by atoms with Gasteiger partial charge < -0.3 is 19.5 Å². The van der Waals surface area contributed by atoms with Crippen LogP contribution in [0.25, 0.3) is 6.08 Å². The van der Waals surface area contributed by atoms with Crippen LogP contribution in [0.1, 0.15) is 70.3 Å². The Balaban J connectivity index is 1.41. The van der Waals surface area contributed by atoms with E-state index in [1.165, 1.54) is 5.57 Å². The molecular formula is C30H40BNO6. The number of phenols is 1. The Bertz CT molecular complexity index is 1110. The monoisotopic (exact) mass is 521 g/mol. The Morgan fingerprint density at radius 2 is 1.97 bits per heavy atom. The van der Waals surface area contributed by atoms with Crippen LogP contribution >= 0.6 is 0 Å². The number of phenolic OH excluding ortho intramolecular Hbond substituents is 1. The second kappa shape index (κ2) is 11.8. The number of ether oxygens (including phenoxy) is 1. The van der Waals surface area contributed by atoms with Gasteiger partial charge in [0.15, 0.2) is 0 Å². The molecule has 4 aliphatic rings. The van der Waals surface area contributed by atoms with Gasteiger partial charge in [-0.3, -0.25) is 14.5 Å². The Morgan fingerprint density at radius 1 is 1.18 bits per heavy atom. The fourth-order valence-electron chi connectivity index (χ4n) is 7.31. The first-order chi connectivity index (χ1) is 18.4. The van der Waals surface area contributed by atoms with Crippen LogP contribution in [-0.4, -0.2) is 59.8 Å². The van der Waals surface area contributed by atoms with Crippen molar-refractivity contribution in [2.24, 2.45) is 17.8 Å². The van der Waals surface area contributed by atoms with Gasteiger partial charge in [-0.1, -0.05) is 50.0 Å². The second-order valence-electron chi connectivity index (χ2n) is 11.4. The minimum absolute atomic E-state index is 0.0129. The Labute approximate surface area is 226 Å². The Kier molecular flexibility index (Phi) is 8.41. The van der Waals surface area contributed by atoms with Gasteiger partial charge in [-0.2, -0.15) is 0 Å². The molecule has 0 radical (unpaired) electrons. The van der Waals surface area contributed by atoms with Gasteiger partial charge in [-0.15, -0.1) is 0 Å². The number of fused-ring (bicyclic) bond motifs is 3. The van der Waals surface area contributed by atoms with Gasteiger partial charge in [0.25, 0.3) is 0 Å². The molecule has 2 aliphatic carbocycles. The average molecular weight is 521 g/mol. The summed E-state index contributed by atoms with van der Waals surface area (Å²) in [6.07, 6.45) is 9.97. The molecule has 1 aromatic rings. The van der Waals surface area contributed by atoms with E-state index in [-0.39, 0.29) is 41.5 Å². The second-order valence-corrected chi connectivity index (χ2v) is 11.4. The lowest BCUT2D eigenvalue weighted by Gasteiger charge is -2.43. The number of allylic oxidation sites excluding steroid dienone is 1. The van der Waals surface area contributed by atoms with Gasteiger partial charge in [-0.05, 0) is 79.6 Å². The van der Waals surface area contributed by atoms with E-state index in [4.69, 9.17) is 9.39 Å². The third-order valence-corrected chi connectivity index (χ3v) is 9.02. The summed E-state index contributed by atoms with van der Waals surface area (Å²) in [6, 6.07) is 7.21. The number of aromatic hydroxyl groups is 1. The molecule has 2 amide bonds. The molecule has 2 heterocycles. The van der Waals surface area contributed by atoms with E-state index < -0.39 is 13.0 Å². The van der Waals surface area contributed by atoms with E-state index >= 15 is 0 Å². The smallest absolute Gasteiger partial charge is 0.455 e. The molecule has 2 N–H and O–H groups in total. The quantitative estimate of drug-likeness (QED) is 0.292. The lowest BCUT2D eigenvalue weighted by atomic mass is 9.58. The van der Waals surface area contributed by atoms with Gasteiger partial charge in [0.05, 0.1) is 24.5 Å². The average Bonchev–Trinajstić information content (AvgIpc) is 3.16. The number of benzene rings is 1. The van der Waals surface area contributed by atoms with Crippen molar-refractivity contribution in [3.63, 3.8) is 0 Å². The third-order valence-electron chi connectivity index (χ3n) is 9.02. The van der Waals surface area contributed by atoms with Crippen molar-refractivity contribution in [1.29, 1.82) is 0 Å². The molecule has 8 heteroatoms. The lowest BCUT2D eigenvalue weighted by Crippen LogP contribution is -2.47. The van der Waals surface area contributed by atoms with Crippen LogP contribution < -0.4 is 0 Å². The highest BCUT2D eigenvalue weighted by Gasteiger charge is 2.58. The molecule has 1 saturated carbocycles. The molecule has 0 spiro atoms. The van der Waals surface area contributed by atoms with Crippen molar-refractivity contribution >= 4 is 25.0 Å². The minimum atomic E-state index is -0.969. The largest absolute Gasteiger partial charge is 0.508 e. The third kappa shape index (κ3) is 5.36. The van der Waals surface area contributed by atoms with Gasteiger partial charge in [0.2, 0.25) is 11.8 Å². The van der Waals surface area contributed by atoms with Gasteiger partial charge in [0, 0.05) is 13.2 Å². The van der Waals surface area contributed by atoms with Crippen molar-refractivity contribution < 1.29 is 29.1 Å². The molecule has 0 aromatic heterocycles. The maximum Gasteiger partial charge on any atom is 0.455 e. The van der Waals surface area contributed by atoms with E-state index in [9.17, 15) is 19.7 Å². The molecule has 0 bridgehead atoms. The van der Waals surface area contributed by atoms with Crippen LogP contribution in [0, 0.1) is 17.8 Å². The number of carbonyl (C=O) groups excluding carboxylic acids is 2. The predicted octanol–water partition coefficient (Wildman–Crippen LogP) is 4.74. The summed E-state index contributed by atoms with van der Waals surface area (Å²) in [4.78, 5) is 29.0. The van der Waals surface area contributed by atoms with Crippen LogP contribution in [0.3, 0.4) is 0 Å². The highest BCUT2D eigenvalue weighted by Crippen LogP contribution is 2.51. The predicted molar refractivity (Wildman–Crippen MR) is 146 cm³/mol. The van der Waals surface area contributed by atoms with E-state index in [0.717, 1.165) is 61.7 Å². The number of carbonyl (C=O) groups is 2. The maximum atomic E-state index is 13.8. The van der Waals surface area contributed by atoms with E-state index in [1.807, 2.05) is 12.1 Å². The van der Waals surface area contributed by atoms with Crippen LogP contribution in [-0.2, 0) is 19.0 Å². The first-order valence-electron chi connectivity index (χ1n) is 14.3. The maximum absolute atomic E-state index is 13.8. The molecule has 204 valence electrons. The van der Waals surface area contributed by atoms with Gasteiger partial charge in [-0.25, -0.2) is 0 Å². The SMILES string of the molecule is CC/C(=C\c1cccc(O)c1)CC[C@H]1OB(O)C[C@H]2C1=C(COC)C[C@H]1C(=O)N(C3CCCCC3)C(=O)[C@H]12. The van der Waals surface area contributed by atoms with Crippen molar-refractivity contribution in [3.8, 4) is 5.75 Å². The van der Waals surface area contributed by atoms with Crippen LogP contribution in [0.2, 0.25) is 6.32 Å². The number of hydrogen-bond acceptors (Lipinski definition) is 6. The Morgan fingerprint density at radius 3 is 2.68 bits per heavy atom. The molecule has 2 aliphatic heterocycles. The van der Waals surface area contributed by atoms with E-state index in [0.29, 0.717) is 25.8 Å². The fourth-order valence-corrected chi connectivity index (χ4v) is 7.31. The number of likely N-dealkylation sites (tertiary alicyclic amines) is 1. The molecule has 3 fully saturated rings. The summed E-state index contributed by atoms with van der Waals surface area (Å²) in [5.41, 5.74) is 4.28. The van der Waals surface area contributed by atoms with Crippen LogP contribution in [0.15, 0.2) is 41.0 Å². The zero-order valence-electron chi connectivity index (χ0n) is 22.6. The number of amides is 2. The zero-order valence-corrected chi connectivity index (χ0v) is 22.6. The van der Waals surface area contributed by atoms with Gasteiger partial charge >= 0.3 is 7.12 Å². The zero-order chi connectivity index (χ0) is 26.8. The lowest BCUT2D eigenvalue weighted by molar-refractivity contribution is -0.143. The highest BCUT2D eigenvalue weighted by molar-refractivity contribution is 6.43. The van der Waals surface area contributed by atoms with Crippen LogP contribution in [0.5, 0.6) is 5.75 Å². The number of imide groups is 1. The molecule has 0 unspecified atom stereocenters. The Hall–Kier alpha value is -2.42. The van der Waals surface area contributed by atoms with E-state index in [1.54, 1.807) is 24.1 Å². The molecule has 38 heavy (non-hydrogen) atoms. The number of nitrogens with zero attached hydrogens (tertiary/aromatic N) is 1.